The fraction of sp³-hybridized carbons (Fsp3) is 0.667. The van der Waals surface area contributed by atoms with Gasteiger partial charge in [0.15, 0.2) is 0 Å². The van der Waals surface area contributed by atoms with Gasteiger partial charge in [-0.05, 0) is 31.5 Å². The molecule has 0 aliphatic heterocycles. The normalized spacial score (nSPS) is 11.5. The summed E-state index contributed by atoms with van der Waals surface area (Å²) in [6.45, 7) is 10.6. The van der Waals surface area contributed by atoms with Crippen molar-refractivity contribution in [1.29, 1.82) is 0 Å². The summed E-state index contributed by atoms with van der Waals surface area (Å²) in [7, 11) is 0. The zero-order valence-electron chi connectivity index (χ0n) is 13.7. The Morgan fingerprint density at radius 3 is 2.36 bits per heavy atom. The molecule has 1 amide bonds. The van der Waals surface area contributed by atoms with Crippen LogP contribution in [0.1, 0.15) is 32.1 Å². The minimum atomic E-state index is -0.0817. The number of carbonyl (C=O) groups excluding carboxylic acids is 1. The third kappa shape index (κ3) is 8.96. The van der Waals surface area contributed by atoms with Gasteiger partial charge in [0.05, 0.1) is 6.54 Å². The third-order valence-electron chi connectivity index (χ3n) is 3.36. The molecule has 0 aliphatic carbocycles. The first kappa shape index (κ1) is 23.9. The van der Waals surface area contributed by atoms with Gasteiger partial charge in [-0.3, -0.25) is 4.79 Å². The molecule has 1 rings (SSSR count). The molecule has 4 nitrogen and oxygen atoms in total. The molecule has 0 bridgehead atoms. The quantitative estimate of drug-likeness (QED) is 0.727. The predicted molar refractivity (Wildman–Crippen MR) is 100 cm³/mol. The van der Waals surface area contributed by atoms with E-state index in [1.165, 1.54) is 4.88 Å². The number of thiophene rings is 1. The van der Waals surface area contributed by atoms with Crippen LogP contribution in [-0.2, 0) is 11.3 Å². The van der Waals surface area contributed by atoms with Gasteiger partial charge in [-0.15, -0.1) is 36.2 Å². The molecule has 0 aromatic carbocycles. The molecule has 0 aliphatic rings. The number of carbonyl (C=O) groups is 1. The molecule has 1 aromatic heterocycles. The first-order valence-electron chi connectivity index (χ1n) is 7.34. The van der Waals surface area contributed by atoms with Gasteiger partial charge >= 0.3 is 0 Å². The summed E-state index contributed by atoms with van der Waals surface area (Å²) in [6, 6.07) is 4.02. The molecule has 0 saturated heterocycles. The number of nitrogens with two attached hydrogens (primary N) is 1. The van der Waals surface area contributed by atoms with Crippen LogP contribution in [0, 0.1) is 0 Å². The third-order valence-corrected chi connectivity index (χ3v) is 4.22. The summed E-state index contributed by atoms with van der Waals surface area (Å²) in [5, 5.41) is 2.05. The topological polar surface area (TPSA) is 49.6 Å². The molecule has 0 fully saturated rings. The van der Waals surface area contributed by atoms with Crippen LogP contribution >= 0.6 is 36.2 Å². The molecule has 1 aromatic rings. The molecule has 1 unspecified atom stereocenters. The fourth-order valence-electron chi connectivity index (χ4n) is 2.09. The summed E-state index contributed by atoms with van der Waals surface area (Å²) in [6.07, 6.45) is 0.420. The lowest BCUT2D eigenvalue weighted by Crippen LogP contribution is -2.40. The number of halogens is 2. The second-order valence-corrected chi connectivity index (χ2v) is 6.14. The Labute approximate surface area is 150 Å². The number of hydrogen-bond acceptors (Lipinski definition) is 4. The van der Waals surface area contributed by atoms with Crippen molar-refractivity contribution in [3.63, 3.8) is 0 Å². The molecule has 130 valence electrons. The minimum Gasteiger partial charge on any atom is -0.336 e. The first-order chi connectivity index (χ1) is 9.56. The number of likely N-dealkylation sites (N-methyl/N-ethyl adjacent to an activating group) is 1. The van der Waals surface area contributed by atoms with E-state index in [0.717, 1.165) is 26.2 Å². The van der Waals surface area contributed by atoms with Crippen molar-refractivity contribution in [2.45, 2.75) is 39.8 Å². The Bertz CT molecular complexity index is 384. The van der Waals surface area contributed by atoms with Crippen molar-refractivity contribution in [2.24, 2.45) is 5.73 Å². The summed E-state index contributed by atoms with van der Waals surface area (Å²) < 4.78 is 0. The van der Waals surface area contributed by atoms with E-state index in [-0.39, 0.29) is 36.8 Å². The van der Waals surface area contributed by atoms with Crippen molar-refractivity contribution < 1.29 is 4.79 Å². The summed E-state index contributed by atoms with van der Waals surface area (Å²) in [5.74, 6) is 0.153. The van der Waals surface area contributed by atoms with E-state index in [1.54, 1.807) is 11.3 Å². The van der Waals surface area contributed by atoms with E-state index in [1.807, 2.05) is 23.3 Å². The van der Waals surface area contributed by atoms with Crippen molar-refractivity contribution >= 4 is 42.1 Å². The predicted octanol–water partition coefficient (Wildman–Crippen LogP) is 3.00. The highest BCUT2D eigenvalue weighted by atomic mass is 35.5. The van der Waals surface area contributed by atoms with Gasteiger partial charge < -0.3 is 15.5 Å². The molecule has 2 N–H and O–H groups in total. The van der Waals surface area contributed by atoms with Crippen molar-refractivity contribution in [3.05, 3.63) is 22.4 Å². The molecule has 1 heterocycles. The monoisotopic (exact) mass is 369 g/mol. The van der Waals surface area contributed by atoms with Gasteiger partial charge in [0, 0.05) is 30.4 Å². The Morgan fingerprint density at radius 1 is 1.27 bits per heavy atom. The second-order valence-electron chi connectivity index (χ2n) is 5.10. The highest BCUT2D eigenvalue weighted by molar-refractivity contribution is 7.09. The number of rotatable bonds is 9. The van der Waals surface area contributed by atoms with E-state index in [0.29, 0.717) is 13.0 Å². The van der Waals surface area contributed by atoms with Gasteiger partial charge in [0.1, 0.15) is 0 Å². The van der Waals surface area contributed by atoms with Crippen LogP contribution in [0.4, 0.5) is 0 Å². The van der Waals surface area contributed by atoms with Crippen molar-refractivity contribution in [1.82, 2.24) is 9.80 Å². The molecule has 0 saturated carbocycles. The van der Waals surface area contributed by atoms with E-state index in [2.05, 4.69) is 24.8 Å². The van der Waals surface area contributed by atoms with Gasteiger partial charge in [-0.2, -0.15) is 0 Å². The van der Waals surface area contributed by atoms with E-state index >= 15 is 0 Å². The van der Waals surface area contributed by atoms with Crippen molar-refractivity contribution in [3.8, 4) is 0 Å². The SMILES string of the molecule is CCN(CC)CCN(Cc1cccs1)C(=O)CC(C)N.Cl.Cl. The van der Waals surface area contributed by atoms with Gasteiger partial charge in [-0.25, -0.2) is 0 Å². The molecule has 7 heteroatoms. The maximum absolute atomic E-state index is 12.3. The van der Waals surface area contributed by atoms with E-state index in [4.69, 9.17) is 5.73 Å². The zero-order valence-corrected chi connectivity index (χ0v) is 16.1. The smallest absolute Gasteiger partial charge is 0.224 e. The lowest BCUT2D eigenvalue weighted by atomic mass is 10.2. The van der Waals surface area contributed by atoms with Crippen molar-refractivity contribution in [2.75, 3.05) is 26.2 Å². The highest BCUT2D eigenvalue weighted by Crippen LogP contribution is 2.13. The first-order valence-corrected chi connectivity index (χ1v) is 8.22. The largest absolute Gasteiger partial charge is 0.336 e. The molecular weight excluding hydrogens is 341 g/mol. The molecule has 1 atom stereocenters. The van der Waals surface area contributed by atoms with Crippen LogP contribution in [0.3, 0.4) is 0 Å². The lowest BCUT2D eigenvalue weighted by molar-refractivity contribution is -0.132. The average Bonchev–Trinajstić information content (AvgIpc) is 2.90. The zero-order chi connectivity index (χ0) is 15.0. The van der Waals surface area contributed by atoms with Crippen LogP contribution in [0.2, 0.25) is 0 Å². The Kier molecular flexibility index (Phi) is 14.3. The van der Waals surface area contributed by atoms with E-state index < -0.39 is 0 Å². The van der Waals surface area contributed by atoms with Crippen LogP contribution in [-0.4, -0.2) is 47.9 Å². The van der Waals surface area contributed by atoms with Crippen LogP contribution in [0.15, 0.2) is 17.5 Å². The number of hydrogen-bond donors (Lipinski definition) is 1. The van der Waals surface area contributed by atoms with Gasteiger partial charge in [-0.1, -0.05) is 19.9 Å². The average molecular weight is 370 g/mol. The Morgan fingerprint density at radius 2 is 1.91 bits per heavy atom. The summed E-state index contributed by atoms with van der Waals surface area (Å²) >= 11 is 1.69. The maximum atomic E-state index is 12.3. The number of nitrogens with zero attached hydrogens (tertiary/aromatic N) is 2. The van der Waals surface area contributed by atoms with Crippen LogP contribution < -0.4 is 5.73 Å². The summed E-state index contributed by atoms with van der Waals surface area (Å²) in [5.41, 5.74) is 5.76. The highest BCUT2D eigenvalue weighted by Gasteiger charge is 2.16. The van der Waals surface area contributed by atoms with Gasteiger partial charge in [0.25, 0.3) is 0 Å². The Balaban J connectivity index is 0. The second kappa shape index (κ2) is 13.1. The van der Waals surface area contributed by atoms with Gasteiger partial charge in [0.2, 0.25) is 5.91 Å². The Hall–Kier alpha value is -0.330. The molecule has 22 heavy (non-hydrogen) atoms. The number of amides is 1. The van der Waals surface area contributed by atoms with E-state index in [9.17, 15) is 4.79 Å². The molecule has 0 spiro atoms. The van der Waals surface area contributed by atoms with Crippen LogP contribution in [0.25, 0.3) is 0 Å². The standard InChI is InChI=1S/C15H27N3OS.2ClH/c1-4-17(5-2)8-9-18(15(19)11-13(3)16)12-14-7-6-10-20-14;;/h6-7,10,13H,4-5,8-9,11-12,16H2,1-3H3;2*1H. The minimum absolute atomic E-state index is 0. The molecule has 0 radical (unpaired) electrons. The summed E-state index contributed by atoms with van der Waals surface area (Å²) in [4.78, 5) is 17.8. The fourth-order valence-corrected chi connectivity index (χ4v) is 2.81. The molecular formula is C15H29Cl2N3OS. The van der Waals surface area contributed by atoms with Crippen LogP contribution in [0.5, 0.6) is 0 Å². The lowest BCUT2D eigenvalue weighted by Gasteiger charge is -2.26. The maximum Gasteiger partial charge on any atom is 0.224 e.